The summed E-state index contributed by atoms with van der Waals surface area (Å²) in [4.78, 5) is 27.5. The van der Waals surface area contributed by atoms with Gasteiger partial charge in [-0.1, -0.05) is 0 Å². The number of ether oxygens (including phenoxy) is 2. The fourth-order valence-corrected chi connectivity index (χ4v) is 4.21. The van der Waals surface area contributed by atoms with Crippen LogP contribution in [0.1, 0.15) is 28.5 Å². The number of benzene rings is 1. The van der Waals surface area contributed by atoms with Crippen molar-refractivity contribution in [2.24, 2.45) is 12.8 Å². The minimum Gasteiger partial charge on any atom is -0.488 e. The van der Waals surface area contributed by atoms with Crippen molar-refractivity contribution in [3.05, 3.63) is 48.2 Å². The van der Waals surface area contributed by atoms with Gasteiger partial charge in [0.25, 0.3) is 11.9 Å². The number of anilines is 3. The van der Waals surface area contributed by atoms with Crippen LogP contribution in [-0.2, 0) is 11.8 Å². The number of fused-ring (bicyclic) bond motifs is 1. The van der Waals surface area contributed by atoms with E-state index in [1.54, 1.807) is 30.3 Å². The molecule has 0 spiro atoms. The van der Waals surface area contributed by atoms with Crippen LogP contribution in [0.3, 0.4) is 0 Å². The quantitative estimate of drug-likeness (QED) is 0.406. The van der Waals surface area contributed by atoms with Crippen molar-refractivity contribution in [3.63, 3.8) is 0 Å². The van der Waals surface area contributed by atoms with Gasteiger partial charge in [0.05, 0.1) is 37.0 Å². The monoisotopic (exact) mass is 476 g/mol. The van der Waals surface area contributed by atoms with E-state index in [1.807, 2.05) is 23.1 Å². The van der Waals surface area contributed by atoms with E-state index in [2.05, 4.69) is 25.4 Å². The van der Waals surface area contributed by atoms with Gasteiger partial charge >= 0.3 is 0 Å². The Kier molecular flexibility index (Phi) is 5.21. The predicted molar refractivity (Wildman–Crippen MR) is 126 cm³/mol. The van der Waals surface area contributed by atoms with Crippen LogP contribution in [0, 0.1) is 0 Å². The molecule has 12 heteroatoms. The first kappa shape index (κ1) is 21.4. The van der Waals surface area contributed by atoms with Crippen molar-refractivity contribution in [2.75, 3.05) is 36.5 Å². The Balaban J connectivity index is 1.14. The number of oxazole rings is 1. The van der Waals surface area contributed by atoms with Crippen LogP contribution in [0.15, 0.2) is 41.2 Å². The van der Waals surface area contributed by atoms with Gasteiger partial charge in [-0.3, -0.25) is 9.48 Å². The van der Waals surface area contributed by atoms with E-state index in [4.69, 9.17) is 19.6 Å². The lowest BCUT2D eigenvalue weighted by Gasteiger charge is -2.37. The largest absolute Gasteiger partial charge is 0.488 e. The highest BCUT2D eigenvalue weighted by Crippen LogP contribution is 2.34. The van der Waals surface area contributed by atoms with E-state index in [0.717, 1.165) is 24.3 Å². The lowest BCUT2D eigenvalue weighted by molar-refractivity contribution is 0.0995. The lowest BCUT2D eigenvalue weighted by atomic mass is 9.97. The average molecular weight is 476 g/mol. The predicted octanol–water partition coefficient (Wildman–Crippen LogP) is 1.97. The highest BCUT2D eigenvalue weighted by molar-refractivity contribution is 5.96. The summed E-state index contributed by atoms with van der Waals surface area (Å²) >= 11 is 0. The van der Waals surface area contributed by atoms with Crippen LogP contribution in [0.25, 0.3) is 11.1 Å². The normalized spacial score (nSPS) is 18.1. The number of aryl methyl sites for hydroxylation is 1. The number of hydrogen-bond acceptors (Lipinski definition) is 10. The Morgan fingerprint density at radius 2 is 2.14 bits per heavy atom. The lowest BCUT2D eigenvalue weighted by Crippen LogP contribution is -2.45. The van der Waals surface area contributed by atoms with Gasteiger partial charge in [0, 0.05) is 44.7 Å². The number of carbonyl (C=O) groups is 1. The van der Waals surface area contributed by atoms with Crippen molar-refractivity contribution in [2.45, 2.75) is 18.4 Å². The Morgan fingerprint density at radius 1 is 1.26 bits per heavy atom. The fraction of sp³-hybridized carbons (Fsp3) is 0.348. The summed E-state index contributed by atoms with van der Waals surface area (Å²) in [6, 6.07) is 6.19. The number of amides is 1. The topological polar surface area (TPSA) is 146 Å². The molecule has 2 fully saturated rings. The number of nitrogens with two attached hydrogens (primary N) is 1. The van der Waals surface area contributed by atoms with Gasteiger partial charge in [-0.15, -0.1) is 0 Å². The van der Waals surface area contributed by atoms with Crippen LogP contribution in [0.4, 0.5) is 17.5 Å². The van der Waals surface area contributed by atoms with Gasteiger partial charge in [0.2, 0.25) is 0 Å². The molecule has 3 aromatic heterocycles. The molecule has 5 heterocycles. The molecular formula is C23H24N8O4. The standard InChI is InChI=1S/C23H24N8O4/c1-30-11-14(7-26-30)27-22-20(21(24)32)28-18(8-25-22)13-9-31(10-13)23-29-17-3-2-15(6-19(17)35-23)34-16-4-5-33-12-16/h2-3,6-8,11,13,16H,4-5,9-10,12H2,1H3,(H2,24,32)(H,25,27)/t16-/m0/s1. The molecule has 35 heavy (non-hydrogen) atoms. The fourth-order valence-electron chi connectivity index (χ4n) is 4.21. The third kappa shape index (κ3) is 4.23. The van der Waals surface area contributed by atoms with Gasteiger partial charge in [-0.25, -0.2) is 9.97 Å². The molecule has 6 rings (SSSR count). The number of hydrogen-bond donors (Lipinski definition) is 2. The average Bonchev–Trinajstić information content (AvgIpc) is 3.55. The van der Waals surface area contributed by atoms with E-state index in [0.29, 0.717) is 48.5 Å². The summed E-state index contributed by atoms with van der Waals surface area (Å²) in [5, 5.41) is 7.14. The summed E-state index contributed by atoms with van der Waals surface area (Å²) in [7, 11) is 1.80. The van der Waals surface area contributed by atoms with Crippen molar-refractivity contribution < 1.29 is 18.7 Å². The maximum absolute atomic E-state index is 12.0. The molecule has 0 radical (unpaired) electrons. The summed E-state index contributed by atoms with van der Waals surface area (Å²) in [6.45, 7) is 2.61. The minimum absolute atomic E-state index is 0.0725. The van der Waals surface area contributed by atoms with E-state index in [-0.39, 0.29) is 17.7 Å². The molecule has 0 bridgehead atoms. The molecule has 2 aliphatic heterocycles. The second-order valence-corrected chi connectivity index (χ2v) is 8.72. The first-order valence-corrected chi connectivity index (χ1v) is 11.3. The number of nitrogens with zero attached hydrogens (tertiary/aromatic N) is 6. The third-order valence-electron chi connectivity index (χ3n) is 6.10. The van der Waals surface area contributed by atoms with Crippen LogP contribution in [-0.4, -0.2) is 63.0 Å². The highest BCUT2D eigenvalue weighted by Gasteiger charge is 2.33. The maximum atomic E-state index is 12.0. The van der Waals surface area contributed by atoms with Gasteiger partial charge in [-0.2, -0.15) is 10.1 Å². The van der Waals surface area contributed by atoms with Crippen molar-refractivity contribution in [1.82, 2.24) is 24.7 Å². The molecule has 4 aromatic rings. The Morgan fingerprint density at radius 3 is 2.89 bits per heavy atom. The Bertz CT molecular complexity index is 1390. The minimum atomic E-state index is -0.650. The number of carbonyl (C=O) groups excluding carboxylic acids is 1. The number of nitrogens with one attached hydrogen (secondary N) is 1. The number of rotatable bonds is 7. The van der Waals surface area contributed by atoms with Crippen LogP contribution < -0.4 is 20.7 Å². The van der Waals surface area contributed by atoms with E-state index in [1.165, 1.54) is 0 Å². The first-order chi connectivity index (χ1) is 17.0. The molecule has 2 saturated heterocycles. The van der Waals surface area contributed by atoms with Gasteiger partial charge in [0.1, 0.15) is 17.4 Å². The molecule has 12 nitrogen and oxygen atoms in total. The summed E-state index contributed by atoms with van der Waals surface area (Å²) in [5.74, 6) is 0.463. The van der Waals surface area contributed by atoms with Crippen LogP contribution in [0.2, 0.25) is 0 Å². The van der Waals surface area contributed by atoms with E-state index < -0.39 is 5.91 Å². The van der Waals surface area contributed by atoms with E-state index >= 15 is 0 Å². The van der Waals surface area contributed by atoms with Gasteiger partial charge in [0.15, 0.2) is 17.1 Å². The third-order valence-corrected chi connectivity index (χ3v) is 6.10. The molecule has 0 saturated carbocycles. The van der Waals surface area contributed by atoms with Crippen molar-refractivity contribution in [3.8, 4) is 5.75 Å². The Hall–Kier alpha value is -4.19. The summed E-state index contributed by atoms with van der Waals surface area (Å²) in [5.41, 5.74) is 8.47. The molecule has 1 atom stereocenters. The molecule has 2 aliphatic rings. The van der Waals surface area contributed by atoms with Crippen LogP contribution in [0.5, 0.6) is 5.75 Å². The first-order valence-electron chi connectivity index (χ1n) is 11.3. The smallest absolute Gasteiger partial charge is 0.298 e. The maximum Gasteiger partial charge on any atom is 0.298 e. The molecule has 180 valence electrons. The van der Waals surface area contributed by atoms with Crippen LogP contribution >= 0.6 is 0 Å². The number of aromatic nitrogens is 5. The molecular weight excluding hydrogens is 452 g/mol. The van der Waals surface area contributed by atoms with Crippen molar-refractivity contribution in [1.29, 1.82) is 0 Å². The second kappa shape index (κ2) is 8.55. The number of primary amides is 1. The Labute approximate surface area is 200 Å². The molecule has 0 unspecified atom stereocenters. The van der Waals surface area contributed by atoms with Crippen molar-refractivity contribution >= 4 is 34.5 Å². The van der Waals surface area contributed by atoms with E-state index in [9.17, 15) is 4.79 Å². The second-order valence-electron chi connectivity index (χ2n) is 8.72. The molecule has 3 N–H and O–H groups in total. The highest BCUT2D eigenvalue weighted by atomic mass is 16.5. The molecule has 0 aliphatic carbocycles. The summed E-state index contributed by atoms with van der Waals surface area (Å²) < 4.78 is 19.0. The SMILES string of the molecule is Cn1cc(Nc2ncc(C3CN(c4nc5ccc(O[C@H]6CCOC6)cc5o4)C3)nc2C(N)=O)cn1. The zero-order valence-corrected chi connectivity index (χ0v) is 19.0. The van der Waals surface area contributed by atoms with Gasteiger partial charge in [-0.05, 0) is 12.1 Å². The van der Waals surface area contributed by atoms with Gasteiger partial charge < -0.3 is 29.8 Å². The zero-order chi connectivity index (χ0) is 23.9. The molecule has 1 aromatic carbocycles. The zero-order valence-electron chi connectivity index (χ0n) is 19.0. The molecule has 1 amide bonds. The summed E-state index contributed by atoms with van der Waals surface area (Å²) in [6.07, 6.45) is 6.01.